The molecule has 0 saturated carbocycles. The Balaban J connectivity index is 1.18. The minimum Gasteiger partial charge on any atom is -0.456 e. The summed E-state index contributed by atoms with van der Waals surface area (Å²) in [6.07, 6.45) is -0.489. The van der Waals surface area contributed by atoms with Gasteiger partial charge < -0.3 is 34.2 Å². The minimum absolute atomic E-state index is 0.172. The number of aryl methyl sites for hydroxylation is 1. The highest BCUT2D eigenvalue weighted by Gasteiger charge is 2.48. The van der Waals surface area contributed by atoms with Gasteiger partial charge in [0, 0.05) is 31.4 Å². The van der Waals surface area contributed by atoms with Crippen molar-refractivity contribution in [2.24, 2.45) is 7.05 Å². The molecule has 0 bridgehead atoms. The van der Waals surface area contributed by atoms with Gasteiger partial charge >= 0.3 is 0 Å². The number of fused-ring (bicyclic) bond motifs is 2. The molecule has 2 saturated heterocycles. The number of halogens is 3. The molecule has 38 heavy (non-hydrogen) atoms. The molecular weight excluding hydrogens is 524 g/mol. The third kappa shape index (κ3) is 4.49. The maximum Gasteiger partial charge on any atom is 0.296 e. The molecule has 1 unspecified atom stereocenters. The van der Waals surface area contributed by atoms with Crippen molar-refractivity contribution in [1.29, 1.82) is 0 Å². The third-order valence-electron chi connectivity index (χ3n) is 6.64. The molecular formula is C25H22ClF2N5O5. The molecule has 13 heteroatoms. The van der Waals surface area contributed by atoms with Crippen LogP contribution >= 0.6 is 11.6 Å². The first-order chi connectivity index (χ1) is 18.3. The van der Waals surface area contributed by atoms with Crippen LogP contribution in [0.3, 0.4) is 0 Å². The molecule has 5 heterocycles. The van der Waals surface area contributed by atoms with Gasteiger partial charge in [0.1, 0.15) is 35.8 Å². The Morgan fingerprint density at radius 1 is 1.16 bits per heavy atom. The van der Waals surface area contributed by atoms with E-state index in [1.165, 1.54) is 35.0 Å². The van der Waals surface area contributed by atoms with E-state index in [-0.39, 0.29) is 53.4 Å². The van der Waals surface area contributed by atoms with Gasteiger partial charge in [-0.3, -0.25) is 4.79 Å². The SMILES string of the molecule is Cn1cc(-c2cc(F)c(CNc3nc4nc(O[C@@H]5COC6[C@H](O)CO[C@@H]65)[nH]c4cc3Cl)c(F)c2)ccc1=O. The fourth-order valence-corrected chi connectivity index (χ4v) is 4.86. The molecule has 0 radical (unpaired) electrons. The van der Waals surface area contributed by atoms with Gasteiger partial charge in [-0.1, -0.05) is 11.6 Å². The number of ether oxygens (including phenoxy) is 3. The number of imidazole rings is 1. The predicted molar refractivity (Wildman–Crippen MR) is 133 cm³/mol. The monoisotopic (exact) mass is 545 g/mol. The minimum atomic E-state index is -0.759. The first kappa shape index (κ1) is 24.7. The lowest BCUT2D eigenvalue weighted by Crippen LogP contribution is -2.34. The predicted octanol–water partition coefficient (Wildman–Crippen LogP) is 2.77. The fourth-order valence-electron chi connectivity index (χ4n) is 4.64. The molecule has 6 rings (SSSR count). The van der Waals surface area contributed by atoms with Gasteiger partial charge in [0.25, 0.3) is 6.01 Å². The number of hydrogen-bond donors (Lipinski definition) is 3. The lowest BCUT2D eigenvalue weighted by Gasteiger charge is -2.15. The van der Waals surface area contributed by atoms with E-state index in [2.05, 4.69) is 20.3 Å². The molecule has 2 aliphatic rings. The quantitative estimate of drug-likeness (QED) is 0.338. The van der Waals surface area contributed by atoms with E-state index in [0.29, 0.717) is 16.6 Å². The van der Waals surface area contributed by atoms with Crippen molar-refractivity contribution in [2.75, 3.05) is 18.5 Å². The second-order valence-corrected chi connectivity index (χ2v) is 9.60. The van der Waals surface area contributed by atoms with E-state index in [0.717, 1.165) is 0 Å². The zero-order chi connectivity index (χ0) is 26.6. The number of nitrogens with zero attached hydrogens (tertiary/aromatic N) is 3. The molecule has 198 valence electrons. The third-order valence-corrected chi connectivity index (χ3v) is 6.93. The van der Waals surface area contributed by atoms with Crippen LogP contribution in [0, 0.1) is 11.6 Å². The van der Waals surface area contributed by atoms with E-state index >= 15 is 0 Å². The number of H-pyrrole nitrogens is 1. The van der Waals surface area contributed by atoms with Crippen molar-refractivity contribution < 1.29 is 28.1 Å². The van der Waals surface area contributed by atoms with Crippen LogP contribution in [-0.4, -0.2) is 62.3 Å². The molecule has 0 spiro atoms. The van der Waals surface area contributed by atoms with E-state index in [9.17, 15) is 18.7 Å². The Kier molecular flexibility index (Phi) is 6.26. The summed E-state index contributed by atoms with van der Waals surface area (Å²) < 4.78 is 48.1. The Bertz CT molecular complexity index is 1570. The molecule has 2 fully saturated rings. The maximum absolute atomic E-state index is 14.9. The number of aliphatic hydroxyl groups excluding tert-OH is 1. The molecule has 1 aromatic carbocycles. The van der Waals surface area contributed by atoms with Gasteiger partial charge in [-0.15, -0.1) is 0 Å². The number of pyridine rings is 2. The van der Waals surface area contributed by atoms with E-state index < -0.39 is 36.1 Å². The highest BCUT2D eigenvalue weighted by molar-refractivity contribution is 6.33. The molecule has 3 aromatic heterocycles. The number of nitrogens with one attached hydrogen (secondary N) is 2. The summed E-state index contributed by atoms with van der Waals surface area (Å²) >= 11 is 6.35. The number of rotatable bonds is 6. The summed E-state index contributed by atoms with van der Waals surface area (Å²) in [4.78, 5) is 23.3. The van der Waals surface area contributed by atoms with Crippen LogP contribution in [0.1, 0.15) is 5.56 Å². The van der Waals surface area contributed by atoms with Crippen molar-refractivity contribution in [2.45, 2.75) is 31.0 Å². The highest BCUT2D eigenvalue weighted by Crippen LogP contribution is 2.31. The van der Waals surface area contributed by atoms with Gasteiger partial charge in [0.15, 0.2) is 11.8 Å². The highest BCUT2D eigenvalue weighted by atomic mass is 35.5. The smallest absolute Gasteiger partial charge is 0.296 e. The van der Waals surface area contributed by atoms with E-state index in [1.807, 2.05) is 0 Å². The van der Waals surface area contributed by atoms with Gasteiger partial charge in [-0.05, 0) is 35.4 Å². The van der Waals surface area contributed by atoms with Crippen molar-refractivity contribution in [1.82, 2.24) is 19.5 Å². The van der Waals surface area contributed by atoms with Gasteiger partial charge in [-0.25, -0.2) is 13.8 Å². The largest absolute Gasteiger partial charge is 0.456 e. The molecule has 0 aliphatic carbocycles. The van der Waals surface area contributed by atoms with Crippen LogP contribution in [0.15, 0.2) is 41.3 Å². The molecule has 2 aliphatic heterocycles. The Morgan fingerprint density at radius 2 is 1.92 bits per heavy atom. The first-order valence-electron chi connectivity index (χ1n) is 11.8. The lowest BCUT2D eigenvalue weighted by atomic mass is 10.0. The number of aromatic nitrogens is 4. The van der Waals surface area contributed by atoms with Crippen molar-refractivity contribution >= 4 is 28.6 Å². The van der Waals surface area contributed by atoms with E-state index in [1.54, 1.807) is 13.1 Å². The van der Waals surface area contributed by atoms with E-state index in [4.69, 9.17) is 25.8 Å². The summed E-state index contributed by atoms with van der Waals surface area (Å²) in [5.41, 5.74) is 1.16. The summed E-state index contributed by atoms with van der Waals surface area (Å²) in [6.45, 7) is 0.195. The summed E-state index contributed by atoms with van der Waals surface area (Å²) in [5.74, 6) is -1.33. The van der Waals surface area contributed by atoms with Crippen molar-refractivity contribution in [3.8, 4) is 17.1 Å². The maximum atomic E-state index is 14.9. The molecule has 3 N–H and O–H groups in total. The average molecular weight is 546 g/mol. The van der Waals surface area contributed by atoms with Crippen LogP contribution in [0.25, 0.3) is 22.3 Å². The molecule has 4 atom stereocenters. The second-order valence-electron chi connectivity index (χ2n) is 9.19. The standard InChI is InChI=1S/C25H22ClF2N5O5/c1-33-8-11(2-3-20(33)35)12-4-15(27)13(16(28)5-12)7-29-23-14(26)6-17-24(31-23)32-25(30-17)38-19-10-37-21-18(34)9-36-22(19)21/h2-6,8,18-19,21-22,34H,7,9-10H2,1H3,(H2,29,30,31,32)/t18-,19-,21?,22-/m1/s1. The van der Waals surface area contributed by atoms with Crippen LogP contribution in [0.4, 0.5) is 14.6 Å². The Labute approximate surface area is 219 Å². The average Bonchev–Trinajstić information content (AvgIpc) is 3.57. The number of aliphatic hydroxyl groups is 1. The Hall–Kier alpha value is -3.58. The zero-order valence-electron chi connectivity index (χ0n) is 20.0. The second kappa shape index (κ2) is 9.62. The van der Waals surface area contributed by atoms with Crippen molar-refractivity contribution in [3.05, 3.63) is 69.1 Å². The summed E-state index contributed by atoms with van der Waals surface area (Å²) in [6, 6.07) is 7.01. The van der Waals surface area contributed by atoms with Crippen molar-refractivity contribution in [3.63, 3.8) is 0 Å². The Morgan fingerprint density at radius 3 is 2.68 bits per heavy atom. The number of hydrogen-bond acceptors (Lipinski definition) is 8. The van der Waals surface area contributed by atoms with Crippen LogP contribution in [0.5, 0.6) is 6.01 Å². The van der Waals surface area contributed by atoms with Gasteiger partial charge in [0.2, 0.25) is 5.56 Å². The fraction of sp³-hybridized carbons (Fsp3) is 0.320. The number of benzene rings is 1. The summed E-state index contributed by atoms with van der Waals surface area (Å²) in [7, 11) is 1.56. The van der Waals surface area contributed by atoms with Gasteiger partial charge in [0.05, 0.1) is 23.8 Å². The van der Waals surface area contributed by atoms with Gasteiger partial charge in [-0.2, -0.15) is 4.98 Å². The molecule has 0 amide bonds. The van der Waals surface area contributed by atoms with Crippen LogP contribution in [0.2, 0.25) is 5.02 Å². The zero-order valence-corrected chi connectivity index (χ0v) is 20.7. The first-order valence-corrected chi connectivity index (χ1v) is 12.2. The number of aromatic amines is 1. The van der Waals surface area contributed by atoms with Crippen LogP contribution in [-0.2, 0) is 23.1 Å². The normalized spacial score (nSPS) is 22.7. The number of anilines is 1. The topological polar surface area (TPSA) is 124 Å². The molecule has 10 nitrogen and oxygen atoms in total. The molecule has 4 aromatic rings. The van der Waals surface area contributed by atoms with Crippen LogP contribution < -0.4 is 15.6 Å². The lowest BCUT2D eigenvalue weighted by molar-refractivity contribution is 0.00706. The summed E-state index contributed by atoms with van der Waals surface area (Å²) in [5, 5.41) is 13.0.